The van der Waals surface area contributed by atoms with Crippen LogP contribution in [0.25, 0.3) is 0 Å². The maximum absolute atomic E-state index is 12.7. The molecule has 0 aliphatic rings. The largest absolute Gasteiger partial charge is 0.289 e. The Bertz CT molecular complexity index is 836. The number of benzene rings is 2. The van der Waals surface area contributed by atoms with E-state index >= 15 is 0 Å². The van der Waals surface area contributed by atoms with Gasteiger partial charge in [0.1, 0.15) is 0 Å². The monoisotopic (exact) mass is 340 g/mol. The van der Waals surface area contributed by atoms with Crippen LogP contribution in [0.4, 0.5) is 11.4 Å². The summed E-state index contributed by atoms with van der Waals surface area (Å²) >= 11 is 6.01. The van der Waals surface area contributed by atoms with Crippen LogP contribution in [0.2, 0.25) is 5.02 Å². The number of nitro benzene ring substituents is 1. The van der Waals surface area contributed by atoms with Crippen molar-refractivity contribution in [1.29, 1.82) is 0 Å². The molecule has 0 amide bonds. The number of nitrogens with zero attached hydrogens (tertiary/aromatic N) is 2. The highest BCUT2D eigenvalue weighted by Crippen LogP contribution is 2.32. The van der Waals surface area contributed by atoms with Crippen LogP contribution in [0.3, 0.4) is 0 Å². The number of halogens is 1. The van der Waals surface area contributed by atoms with Crippen LogP contribution >= 0.6 is 11.6 Å². The first-order chi connectivity index (χ1) is 10.3. The molecule has 0 aliphatic carbocycles. The van der Waals surface area contributed by atoms with Gasteiger partial charge in [0.15, 0.2) is 4.90 Å². The Morgan fingerprint density at radius 3 is 2.41 bits per heavy atom. The lowest BCUT2D eigenvalue weighted by Gasteiger charge is -2.21. The molecule has 2 aromatic rings. The summed E-state index contributed by atoms with van der Waals surface area (Å²) in [6, 6.07) is 10.1. The second-order valence-corrected chi connectivity index (χ2v) is 6.93. The molecule has 0 spiro atoms. The van der Waals surface area contributed by atoms with Gasteiger partial charge in [-0.15, -0.1) is 0 Å². The molecule has 0 heterocycles. The van der Waals surface area contributed by atoms with E-state index in [1.165, 1.54) is 25.2 Å². The van der Waals surface area contributed by atoms with E-state index < -0.39 is 20.6 Å². The van der Waals surface area contributed by atoms with Gasteiger partial charge in [0.05, 0.1) is 10.6 Å². The standard InChI is InChI=1S/C14H13ClN2O4S/c1-10-11(15)6-5-8-12(10)16(2)22(20,21)14-9-4-3-7-13(14)17(18)19/h3-9H,1-2H3. The zero-order chi connectivity index (χ0) is 16.5. The van der Waals surface area contributed by atoms with Gasteiger partial charge in [-0.05, 0) is 30.7 Å². The van der Waals surface area contributed by atoms with Crippen molar-refractivity contribution in [1.82, 2.24) is 0 Å². The van der Waals surface area contributed by atoms with Gasteiger partial charge in [-0.25, -0.2) is 8.42 Å². The van der Waals surface area contributed by atoms with E-state index in [2.05, 4.69) is 0 Å². The van der Waals surface area contributed by atoms with Crippen LogP contribution in [-0.4, -0.2) is 20.4 Å². The van der Waals surface area contributed by atoms with Crippen molar-refractivity contribution in [2.24, 2.45) is 0 Å². The van der Waals surface area contributed by atoms with Gasteiger partial charge < -0.3 is 0 Å². The Kier molecular flexibility index (Phi) is 4.39. The van der Waals surface area contributed by atoms with Gasteiger partial charge in [0, 0.05) is 18.1 Å². The molecule has 0 aromatic heterocycles. The van der Waals surface area contributed by atoms with E-state index in [4.69, 9.17) is 11.6 Å². The molecule has 0 N–H and O–H groups in total. The van der Waals surface area contributed by atoms with Gasteiger partial charge in [-0.1, -0.05) is 29.8 Å². The van der Waals surface area contributed by atoms with Crippen LogP contribution in [0.1, 0.15) is 5.56 Å². The highest BCUT2D eigenvalue weighted by molar-refractivity contribution is 7.93. The van der Waals surface area contributed by atoms with E-state index in [0.717, 1.165) is 10.4 Å². The average Bonchev–Trinajstić information content (AvgIpc) is 2.49. The fourth-order valence-corrected chi connectivity index (χ4v) is 3.62. The van der Waals surface area contributed by atoms with Crippen LogP contribution in [-0.2, 0) is 10.0 Å². The number of para-hydroxylation sites is 1. The summed E-state index contributed by atoms with van der Waals surface area (Å²) in [4.78, 5) is 9.97. The topological polar surface area (TPSA) is 80.5 Å². The SMILES string of the molecule is Cc1c(Cl)cccc1N(C)S(=O)(=O)c1ccccc1[N+](=O)[O-]. The minimum absolute atomic E-state index is 0.359. The third-order valence-electron chi connectivity index (χ3n) is 3.28. The van der Waals surface area contributed by atoms with Crippen molar-refractivity contribution in [3.05, 3.63) is 63.2 Å². The zero-order valence-corrected chi connectivity index (χ0v) is 13.4. The molecule has 0 saturated carbocycles. The smallest absolute Gasteiger partial charge is 0.269 e. The normalized spacial score (nSPS) is 11.2. The third kappa shape index (κ3) is 2.77. The molecular formula is C14H13ClN2O4S. The maximum atomic E-state index is 12.7. The number of anilines is 1. The summed E-state index contributed by atoms with van der Waals surface area (Å²) < 4.78 is 26.4. The number of nitro groups is 1. The molecule has 6 nitrogen and oxygen atoms in total. The summed E-state index contributed by atoms with van der Waals surface area (Å²) in [6.45, 7) is 1.68. The molecule has 0 saturated heterocycles. The predicted octanol–water partition coefficient (Wildman–Crippen LogP) is 3.38. The van der Waals surface area contributed by atoms with Gasteiger partial charge in [0.2, 0.25) is 0 Å². The first-order valence-corrected chi connectivity index (χ1v) is 8.06. The lowest BCUT2D eigenvalue weighted by atomic mass is 10.2. The second-order valence-electron chi connectivity index (χ2n) is 4.58. The number of sulfonamides is 1. The number of hydrogen-bond acceptors (Lipinski definition) is 4. The molecule has 2 aromatic carbocycles. The first-order valence-electron chi connectivity index (χ1n) is 6.24. The van der Waals surface area contributed by atoms with Crippen molar-refractivity contribution >= 4 is 33.0 Å². The third-order valence-corrected chi connectivity index (χ3v) is 5.51. The summed E-state index contributed by atoms with van der Waals surface area (Å²) in [5, 5.41) is 11.5. The van der Waals surface area contributed by atoms with E-state index in [1.54, 1.807) is 25.1 Å². The fourth-order valence-electron chi connectivity index (χ4n) is 2.04. The maximum Gasteiger partial charge on any atom is 0.289 e. The van der Waals surface area contributed by atoms with Crippen LogP contribution in [0, 0.1) is 17.0 Å². The predicted molar refractivity (Wildman–Crippen MR) is 84.9 cm³/mol. The van der Waals surface area contributed by atoms with Crippen molar-refractivity contribution in [3.8, 4) is 0 Å². The lowest BCUT2D eigenvalue weighted by molar-refractivity contribution is -0.387. The molecule has 0 bridgehead atoms. The van der Waals surface area contributed by atoms with Crippen LogP contribution in [0.5, 0.6) is 0 Å². The van der Waals surface area contributed by atoms with E-state index in [9.17, 15) is 18.5 Å². The van der Waals surface area contributed by atoms with E-state index in [1.807, 2.05) is 0 Å². The highest BCUT2D eigenvalue weighted by atomic mass is 35.5. The van der Waals surface area contributed by atoms with Gasteiger partial charge in [-0.2, -0.15) is 0 Å². The fraction of sp³-hybridized carbons (Fsp3) is 0.143. The first kappa shape index (κ1) is 16.3. The molecular weight excluding hydrogens is 328 g/mol. The molecule has 0 fully saturated rings. The minimum Gasteiger partial charge on any atom is -0.269 e. The van der Waals surface area contributed by atoms with E-state index in [0.29, 0.717) is 16.3 Å². The minimum atomic E-state index is -4.07. The Hall–Kier alpha value is -2.12. The molecule has 116 valence electrons. The summed E-state index contributed by atoms with van der Waals surface area (Å²) in [5.74, 6) is 0. The van der Waals surface area contributed by atoms with Crippen LogP contribution < -0.4 is 4.31 Å². The van der Waals surface area contributed by atoms with Gasteiger partial charge in [-0.3, -0.25) is 14.4 Å². The van der Waals surface area contributed by atoms with Crippen LogP contribution in [0.15, 0.2) is 47.4 Å². The Morgan fingerprint density at radius 2 is 1.77 bits per heavy atom. The molecule has 22 heavy (non-hydrogen) atoms. The van der Waals surface area contributed by atoms with Crippen molar-refractivity contribution in [2.75, 3.05) is 11.4 Å². The molecule has 0 unspecified atom stereocenters. The average molecular weight is 341 g/mol. The summed E-state index contributed by atoms with van der Waals surface area (Å²) in [6.07, 6.45) is 0. The van der Waals surface area contributed by atoms with E-state index in [-0.39, 0.29) is 4.90 Å². The molecule has 0 radical (unpaired) electrons. The zero-order valence-electron chi connectivity index (χ0n) is 11.9. The molecule has 2 rings (SSSR count). The number of rotatable bonds is 4. The Balaban J connectivity index is 2.61. The van der Waals surface area contributed by atoms with Gasteiger partial charge >= 0.3 is 0 Å². The number of hydrogen-bond donors (Lipinski definition) is 0. The second kappa shape index (κ2) is 5.94. The van der Waals surface area contributed by atoms with Crippen molar-refractivity contribution < 1.29 is 13.3 Å². The Labute approximate surface area is 133 Å². The van der Waals surface area contributed by atoms with Crippen molar-refractivity contribution in [2.45, 2.75) is 11.8 Å². The van der Waals surface area contributed by atoms with Gasteiger partial charge in [0.25, 0.3) is 15.7 Å². The molecule has 0 aliphatic heterocycles. The quantitative estimate of drug-likeness (QED) is 0.631. The summed E-state index contributed by atoms with van der Waals surface area (Å²) in [5.41, 5.74) is 0.480. The summed E-state index contributed by atoms with van der Waals surface area (Å²) in [7, 11) is -2.74. The molecule has 0 atom stereocenters. The lowest BCUT2D eigenvalue weighted by Crippen LogP contribution is -2.27. The molecule has 8 heteroatoms. The van der Waals surface area contributed by atoms with Crippen molar-refractivity contribution in [3.63, 3.8) is 0 Å². The Morgan fingerprint density at radius 1 is 1.14 bits per heavy atom. The highest BCUT2D eigenvalue weighted by Gasteiger charge is 2.30.